The highest BCUT2D eigenvalue weighted by Gasteiger charge is 2.51. The van der Waals surface area contributed by atoms with Crippen LogP contribution in [0.4, 0.5) is 0 Å². The van der Waals surface area contributed by atoms with Gasteiger partial charge >= 0.3 is 7.12 Å². The lowest BCUT2D eigenvalue weighted by molar-refractivity contribution is 0.00578. The maximum absolute atomic E-state index is 6.36. The predicted molar refractivity (Wildman–Crippen MR) is 169 cm³/mol. The van der Waals surface area contributed by atoms with E-state index in [4.69, 9.17) is 13.7 Å². The molecule has 2 aromatic heterocycles. The Kier molecular flexibility index (Phi) is 5.13. The third-order valence-corrected chi connectivity index (χ3v) is 9.06. The number of benzene rings is 5. The van der Waals surface area contributed by atoms with Crippen LogP contribution in [0.25, 0.3) is 60.6 Å². The highest BCUT2D eigenvalue weighted by atomic mass is 16.7. The largest absolute Gasteiger partial charge is 0.494 e. The molecular weight excluding hydrogens is 505 g/mol. The SMILES string of the molecule is CC1(C)OB(c2ccc3oc4cccc(-c5ccc(-n6c7ccccc7c7ccccc76)cc5)c4c3c2)OC1(C)C. The van der Waals surface area contributed by atoms with Crippen LogP contribution in [0.2, 0.25) is 0 Å². The van der Waals surface area contributed by atoms with E-state index in [2.05, 4.69) is 123 Å². The summed E-state index contributed by atoms with van der Waals surface area (Å²) in [4.78, 5) is 0. The van der Waals surface area contributed by atoms with Gasteiger partial charge in [-0.15, -0.1) is 0 Å². The molecule has 0 N–H and O–H groups in total. The van der Waals surface area contributed by atoms with E-state index in [-0.39, 0.29) is 0 Å². The van der Waals surface area contributed by atoms with Crippen LogP contribution < -0.4 is 5.46 Å². The Morgan fingerprint density at radius 2 is 1.22 bits per heavy atom. The molecule has 7 aromatic rings. The van der Waals surface area contributed by atoms with Crippen molar-refractivity contribution in [1.82, 2.24) is 4.57 Å². The Balaban J connectivity index is 1.25. The fourth-order valence-electron chi connectivity index (χ4n) is 6.20. The Hall–Kier alpha value is -4.32. The zero-order chi connectivity index (χ0) is 27.9. The van der Waals surface area contributed by atoms with Gasteiger partial charge in [0.2, 0.25) is 0 Å². The van der Waals surface area contributed by atoms with E-state index in [1.165, 1.54) is 21.8 Å². The maximum atomic E-state index is 6.36. The molecule has 5 aromatic carbocycles. The standard InChI is InChI=1S/C36H30BNO3/c1-35(2)36(3,4)41-37(40-35)24-18-21-32-29(22-24)34-26(12-9-15-33(34)39-32)23-16-19-25(20-17-23)38-30-13-7-5-10-27(30)28-11-6-8-14-31(28)38/h5-22H,1-4H3. The van der Waals surface area contributed by atoms with E-state index >= 15 is 0 Å². The van der Waals surface area contributed by atoms with E-state index in [0.717, 1.165) is 44.2 Å². The van der Waals surface area contributed by atoms with E-state index in [9.17, 15) is 0 Å². The van der Waals surface area contributed by atoms with E-state index < -0.39 is 18.3 Å². The quantitative estimate of drug-likeness (QED) is 0.213. The van der Waals surface area contributed by atoms with Gasteiger partial charge in [-0.05, 0) is 80.7 Å². The van der Waals surface area contributed by atoms with Crippen molar-refractivity contribution in [3.63, 3.8) is 0 Å². The van der Waals surface area contributed by atoms with Gasteiger partial charge < -0.3 is 18.3 Å². The van der Waals surface area contributed by atoms with Crippen molar-refractivity contribution >= 4 is 56.3 Å². The van der Waals surface area contributed by atoms with Crippen LogP contribution in [0.3, 0.4) is 0 Å². The summed E-state index contributed by atoms with van der Waals surface area (Å²) in [6.07, 6.45) is 0. The second kappa shape index (κ2) is 8.59. The number of hydrogen-bond acceptors (Lipinski definition) is 3. The van der Waals surface area contributed by atoms with Gasteiger partial charge in [0, 0.05) is 27.2 Å². The van der Waals surface area contributed by atoms with Crippen molar-refractivity contribution < 1.29 is 13.7 Å². The number of fused-ring (bicyclic) bond motifs is 6. The van der Waals surface area contributed by atoms with Crippen molar-refractivity contribution in [2.45, 2.75) is 38.9 Å². The molecule has 0 amide bonds. The van der Waals surface area contributed by atoms with Gasteiger partial charge in [0.25, 0.3) is 0 Å². The second-order valence-electron chi connectivity index (χ2n) is 12.0. The average Bonchev–Trinajstić information content (AvgIpc) is 3.59. The topological polar surface area (TPSA) is 36.5 Å². The first-order valence-corrected chi connectivity index (χ1v) is 14.2. The van der Waals surface area contributed by atoms with Crippen LogP contribution in [0.5, 0.6) is 0 Å². The predicted octanol–water partition coefficient (Wildman–Crippen LogP) is 8.65. The highest BCUT2D eigenvalue weighted by molar-refractivity contribution is 6.62. The van der Waals surface area contributed by atoms with Crippen molar-refractivity contribution in [2.75, 3.05) is 0 Å². The lowest BCUT2D eigenvalue weighted by Gasteiger charge is -2.32. The normalized spacial score (nSPS) is 16.4. The zero-order valence-corrected chi connectivity index (χ0v) is 23.6. The highest BCUT2D eigenvalue weighted by Crippen LogP contribution is 2.39. The van der Waals surface area contributed by atoms with Crippen molar-refractivity contribution in [2.24, 2.45) is 0 Å². The van der Waals surface area contributed by atoms with Crippen molar-refractivity contribution in [1.29, 1.82) is 0 Å². The summed E-state index contributed by atoms with van der Waals surface area (Å²) in [5, 5.41) is 4.69. The second-order valence-corrected chi connectivity index (χ2v) is 12.0. The molecule has 3 heterocycles. The van der Waals surface area contributed by atoms with Crippen LogP contribution >= 0.6 is 0 Å². The van der Waals surface area contributed by atoms with Gasteiger partial charge in [-0.3, -0.25) is 0 Å². The fraction of sp³-hybridized carbons (Fsp3) is 0.167. The molecule has 0 unspecified atom stereocenters. The fourth-order valence-corrected chi connectivity index (χ4v) is 6.20. The molecule has 0 radical (unpaired) electrons. The molecule has 41 heavy (non-hydrogen) atoms. The zero-order valence-electron chi connectivity index (χ0n) is 23.6. The van der Waals surface area contributed by atoms with Crippen LogP contribution in [-0.2, 0) is 9.31 Å². The Morgan fingerprint density at radius 3 is 1.88 bits per heavy atom. The van der Waals surface area contributed by atoms with Gasteiger partial charge in [-0.2, -0.15) is 0 Å². The van der Waals surface area contributed by atoms with Gasteiger partial charge in [-0.25, -0.2) is 0 Å². The van der Waals surface area contributed by atoms with Crippen molar-refractivity contribution in [3.8, 4) is 16.8 Å². The summed E-state index contributed by atoms with van der Waals surface area (Å²) in [5.74, 6) is 0. The molecule has 1 fully saturated rings. The summed E-state index contributed by atoms with van der Waals surface area (Å²) < 4.78 is 21.4. The molecule has 4 nitrogen and oxygen atoms in total. The molecule has 1 saturated heterocycles. The molecule has 0 bridgehead atoms. The third kappa shape index (κ3) is 3.63. The minimum absolute atomic E-state index is 0.394. The molecular formula is C36H30BNO3. The monoisotopic (exact) mass is 535 g/mol. The minimum Gasteiger partial charge on any atom is -0.456 e. The first-order chi connectivity index (χ1) is 19.8. The Labute approximate surface area is 239 Å². The first-order valence-electron chi connectivity index (χ1n) is 14.2. The van der Waals surface area contributed by atoms with Crippen LogP contribution in [0.15, 0.2) is 114 Å². The third-order valence-electron chi connectivity index (χ3n) is 9.06. The molecule has 0 aliphatic carbocycles. The molecule has 0 atom stereocenters. The molecule has 1 aliphatic heterocycles. The number of aromatic nitrogens is 1. The first kappa shape index (κ1) is 24.5. The van der Waals surface area contributed by atoms with Gasteiger partial charge in [0.05, 0.1) is 22.2 Å². The molecule has 1 aliphatic rings. The number of hydrogen-bond donors (Lipinski definition) is 0. The number of furan rings is 1. The lowest BCUT2D eigenvalue weighted by atomic mass is 9.78. The lowest BCUT2D eigenvalue weighted by Crippen LogP contribution is -2.41. The van der Waals surface area contributed by atoms with Crippen LogP contribution in [-0.4, -0.2) is 22.9 Å². The Morgan fingerprint density at radius 1 is 0.585 bits per heavy atom. The molecule has 8 rings (SSSR count). The summed E-state index contributed by atoms with van der Waals surface area (Å²) in [6.45, 7) is 8.33. The summed E-state index contributed by atoms with van der Waals surface area (Å²) >= 11 is 0. The number of para-hydroxylation sites is 2. The van der Waals surface area contributed by atoms with E-state index in [1.807, 2.05) is 18.2 Å². The Bertz CT molecular complexity index is 2050. The average molecular weight is 535 g/mol. The van der Waals surface area contributed by atoms with Gasteiger partial charge in [0.1, 0.15) is 11.2 Å². The smallest absolute Gasteiger partial charge is 0.456 e. The summed E-state index contributed by atoms with van der Waals surface area (Å²) in [5.41, 5.74) is 7.77. The van der Waals surface area contributed by atoms with Crippen LogP contribution in [0.1, 0.15) is 27.7 Å². The van der Waals surface area contributed by atoms with Gasteiger partial charge in [-0.1, -0.05) is 72.8 Å². The maximum Gasteiger partial charge on any atom is 0.494 e. The molecule has 200 valence electrons. The van der Waals surface area contributed by atoms with Crippen molar-refractivity contribution in [3.05, 3.63) is 109 Å². The summed E-state index contributed by atoms with van der Waals surface area (Å²) in [7, 11) is -0.424. The molecule has 0 spiro atoms. The minimum atomic E-state index is -0.424. The molecule has 5 heteroatoms. The number of nitrogens with zero attached hydrogens (tertiary/aromatic N) is 1. The van der Waals surface area contributed by atoms with Gasteiger partial charge in [0.15, 0.2) is 0 Å². The number of rotatable bonds is 3. The summed E-state index contributed by atoms with van der Waals surface area (Å²) in [6, 6.07) is 38.6. The molecule has 0 saturated carbocycles. The van der Waals surface area contributed by atoms with E-state index in [0.29, 0.717) is 0 Å². The van der Waals surface area contributed by atoms with E-state index in [1.54, 1.807) is 0 Å². The van der Waals surface area contributed by atoms with Crippen LogP contribution in [0, 0.1) is 0 Å².